The SMILES string of the molecule is COC(=O)c1ccccc1-n1c(C)cc(C2C(c3ccccn3)NC(=S)N2c2ccc(NC(C)=O)cc2)c1C. The topological polar surface area (TPSA) is 88.5 Å². The number of anilines is 2. The lowest BCUT2D eigenvalue weighted by Crippen LogP contribution is -2.29. The van der Waals surface area contributed by atoms with Gasteiger partial charge in [-0.05, 0) is 86.2 Å². The molecule has 1 aliphatic heterocycles. The zero-order valence-electron chi connectivity index (χ0n) is 22.1. The number of aryl methyl sites for hydroxylation is 1. The van der Waals surface area contributed by atoms with Crippen LogP contribution in [0.5, 0.6) is 0 Å². The molecule has 0 saturated carbocycles. The van der Waals surface area contributed by atoms with E-state index in [1.165, 1.54) is 14.0 Å². The molecule has 4 aromatic rings. The van der Waals surface area contributed by atoms with E-state index >= 15 is 0 Å². The Morgan fingerprint density at radius 1 is 1.03 bits per heavy atom. The van der Waals surface area contributed by atoms with E-state index in [9.17, 15) is 9.59 Å². The first-order valence-corrected chi connectivity index (χ1v) is 13.0. The maximum atomic E-state index is 12.6. The summed E-state index contributed by atoms with van der Waals surface area (Å²) in [6, 6.07) is 22.6. The van der Waals surface area contributed by atoms with Gasteiger partial charge in [-0.1, -0.05) is 18.2 Å². The molecule has 2 unspecified atom stereocenters. The predicted molar refractivity (Wildman–Crippen MR) is 155 cm³/mol. The molecule has 9 heteroatoms. The number of esters is 1. The van der Waals surface area contributed by atoms with Crippen molar-refractivity contribution in [3.63, 3.8) is 0 Å². The van der Waals surface area contributed by atoms with Crippen LogP contribution in [0.1, 0.15) is 52.0 Å². The van der Waals surface area contributed by atoms with Gasteiger partial charge in [-0.15, -0.1) is 0 Å². The van der Waals surface area contributed by atoms with E-state index in [-0.39, 0.29) is 18.0 Å². The molecule has 1 aliphatic rings. The van der Waals surface area contributed by atoms with Crippen molar-refractivity contribution in [1.29, 1.82) is 0 Å². The Balaban J connectivity index is 1.65. The number of nitrogens with zero attached hydrogens (tertiary/aromatic N) is 3. The van der Waals surface area contributed by atoms with E-state index in [4.69, 9.17) is 17.0 Å². The van der Waals surface area contributed by atoms with Gasteiger partial charge in [0.15, 0.2) is 5.11 Å². The highest BCUT2D eigenvalue weighted by atomic mass is 32.1. The first-order chi connectivity index (χ1) is 18.8. The fourth-order valence-corrected chi connectivity index (χ4v) is 5.61. The van der Waals surface area contributed by atoms with Crippen LogP contribution in [0.25, 0.3) is 5.69 Å². The Bertz CT molecular complexity index is 1550. The largest absolute Gasteiger partial charge is 0.465 e. The van der Waals surface area contributed by atoms with Gasteiger partial charge in [0, 0.05) is 35.9 Å². The second-order valence-corrected chi connectivity index (χ2v) is 9.78. The zero-order chi connectivity index (χ0) is 27.7. The number of thiocarbonyl (C=S) groups is 1. The first-order valence-electron chi connectivity index (χ1n) is 12.5. The Morgan fingerprint density at radius 3 is 2.41 bits per heavy atom. The molecule has 2 atom stereocenters. The van der Waals surface area contributed by atoms with Crippen molar-refractivity contribution in [2.24, 2.45) is 0 Å². The van der Waals surface area contributed by atoms with E-state index < -0.39 is 5.97 Å². The lowest BCUT2D eigenvalue weighted by atomic mass is 9.96. The zero-order valence-corrected chi connectivity index (χ0v) is 23.0. The lowest BCUT2D eigenvalue weighted by Gasteiger charge is -2.28. The number of pyridine rings is 1. The number of nitrogens with one attached hydrogen (secondary N) is 2. The molecule has 0 radical (unpaired) electrons. The van der Waals surface area contributed by atoms with Gasteiger partial charge in [-0.3, -0.25) is 9.78 Å². The van der Waals surface area contributed by atoms with E-state index in [1.807, 2.05) is 74.5 Å². The lowest BCUT2D eigenvalue weighted by molar-refractivity contribution is -0.114. The summed E-state index contributed by atoms with van der Waals surface area (Å²) in [5.41, 5.74) is 6.67. The van der Waals surface area contributed by atoms with Crippen LogP contribution in [0.2, 0.25) is 0 Å². The average Bonchev–Trinajstić information content (AvgIpc) is 3.43. The van der Waals surface area contributed by atoms with E-state index in [2.05, 4.69) is 31.2 Å². The summed E-state index contributed by atoms with van der Waals surface area (Å²) in [6.45, 7) is 5.55. The van der Waals surface area contributed by atoms with Crippen LogP contribution in [0.3, 0.4) is 0 Å². The van der Waals surface area contributed by atoms with E-state index in [0.717, 1.165) is 34.0 Å². The third-order valence-electron chi connectivity index (χ3n) is 6.90. The van der Waals surface area contributed by atoms with E-state index in [0.29, 0.717) is 16.4 Å². The first kappa shape index (κ1) is 26.1. The molecular formula is C30H29N5O3S. The normalized spacial score (nSPS) is 16.6. The molecule has 2 N–H and O–H groups in total. The number of methoxy groups -OCH3 is 1. The number of hydrogen-bond acceptors (Lipinski definition) is 5. The maximum Gasteiger partial charge on any atom is 0.339 e. The molecule has 3 heterocycles. The standard InChI is InChI=1S/C30H29N5O3S/c1-18-17-24(19(2)34(18)26-11-6-5-9-23(26)29(37)38-4)28-27(25-10-7-8-16-31-25)33-30(39)35(28)22-14-12-21(13-15-22)32-20(3)36/h5-17,27-28H,1-4H3,(H,32,36)(H,33,39). The molecule has 2 aromatic heterocycles. The number of ether oxygens (including phenoxy) is 1. The molecule has 198 valence electrons. The van der Waals surface area contributed by atoms with Gasteiger partial charge in [-0.25, -0.2) is 4.79 Å². The van der Waals surface area contributed by atoms with Gasteiger partial charge in [0.25, 0.3) is 0 Å². The van der Waals surface area contributed by atoms with Crippen molar-refractivity contribution in [3.8, 4) is 5.69 Å². The molecule has 1 fully saturated rings. The summed E-state index contributed by atoms with van der Waals surface area (Å²) >= 11 is 5.88. The van der Waals surface area contributed by atoms with Gasteiger partial charge >= 0.3 is 5.97 Å². The monoisotopic (exact) mass is 539 g/mol. The number of hydrogen-bond donors (Lipinski definition) is 2. The van der Waals surface area contributed by atoms with Crippen LogP contribution in [0, 0.1) is 13.8 Å². The van der Waals surface area contributed by atoms with Crippen molar-refractivity contribution in [3.05, 3.63) is 107 Å². The molecule has 5 rings (SSSR count). The molecule has 1 saturated heterocycles. The number of amides is 1. The Kier molecular flexibility index (Phi) is 7.17. The minimum absolute atomic E-state index is 0.131. The van der Waals surface area contributed by atoms with Crippen LogP contribution >= 0.6 is 12.2 Å². The average molecular weight is 540 g/mol. The molecular weight excluding hydrogens is 510 g/mol. The summed E-state index contributed by atoms with van der Waals surface area (Å²) < 4.78 is 7.14. The molecule has 1 amide bonds. The number of carbonyl (C=O) groups excluding carboxylic acids is 2. The van der Waals surface area contributed by atoms with Gasteiger partial charge in [0.2, 0.25) is 5.91 Å². The Morgan fingerprint density at radius 2 is 1.74 bits per heavy atom. The third kappa shape index (κ3) is 4.88. The van der Waals surface area contributed by atoms with Crippen molar-refractivity contribution in [2.75, 3.05) is 17.3 Å². The van der Waals surface area contributed by atoms with Crippen LogP contribution in [-0.4, -0.2) is 33.6 Å². The van der Waals surface area contributed by atoms with E-state index in [1.54, 1.807) is 12.3 Å². The van der Waals surface area contributed by atoms with Gasteiger partial charge in [0.05, 0.1) is 36.1 Å². The molecule has 0 spiro atoms. The fraction of sp³-hybridized carbons (Fsp3) is 0.200. The molecule has 0 aliphatic carbocycles. The minimum Gasteiger partial charge on any atom is -0.465 e. The molecule has 0 bridgehead atoms. The summed E-state index contributed by atoms with van der Waals surface area (Å²) in [5, 5.41) is 6.87. The highest BCUT2D eigenvalue weighted by Crippen LogP contribution is 2.44. The maximum absolute atomic E-state index is 12.6. The number of rotatable bonds is 6. The number of aromatic nitrogens is 2. The summed E-state index contributed by atoms with van der Waals surface area (Å²) in [5.74, 6) is -0.524. The van der Waals surface area contributed by atoms with Crippen molar-refractivity contribution >= 4 is 40.6 Å². The van der Waals surface area contributed by atoms with Gasteiger partial charge in [0.1, 0.15) is 0 Å². The summed E-state index contributed by atoms with van der Waals surface area (Å²) in [6.07, 6.45) is 1.78. The molecule has 8 nitrogen and oxygen atoms in total. The second-order valence-electron chi connectivity index (χ2n) is 9.40. The number of carbonyl (C=O) groups is 2. The molecule has 2 aromatic carbocycles. The minimum atomic E-state index is -0.393. The number of benzene rings is 2. The third-order valence-corrected chi connectivity index (χ3v) is 7.22. The van der Waals surface area contributed by atoms with Gasteiger partial charge < -0.3 is 24.8 Å². The summed E-state index contributed by atoms with van der Waals surface area (Å²) in [7, 11) is 1.39. The highest BCUT2D eigenvalue weighted by molar-refractivity contribution is 7.80. The van der Waals surface area contributed by atoms with Crippen LogP contribution in [0.4, 0.5) is 11.4 Å². The van der Waals surface area contributed by atoms with Crippen LogP contribution in [0.15, 0.2) is 79.0 Å². The van der Waals surface area contributed by atoms with Crippen LogP contribution in [-0.2, 0) is 9.53 Å². The van der Waals surface area contributed by atoms with Crippen molar-refractivity contribution in [1.82, 2.24) is 14.9 Å². The Labute approximate surface area is 232 Å². The summed E-state index contributed by atoms with van der Waals surface area (Å²) in [4.78, 5) is 30.9. The smallest absolute Gasteiger partial charge is 0.339 e. The predicted octanol–water partition coefficient (Wildman–Crippen LogP) is 5.41. The van der Waals surface area contributed by atoms with Crippen molar-refractivity contribution < 1.29 is 14.3 Å². The van der Waals surface area contributed by atoms with Gasteiger partial charge in [-0.2, -0.15) is 0 Å². The quantitative estimate of drug-likeness (QED) is 0.250. The van der Waals surface area contributed by atoms with Crippen LogP contribution < -0.4 is 15.5 Å². The number of para-hydroxylation sites is 1. The van der Waals surface area contributed by atoms with Crippen molar-refractivity contribution in [2.45, 2.75) is 32.9 Å². The Hall–Kier alpha value is -4.50. The molecule has 39 heavy (non-hydrogen) atoms. The highest BCUT2D eigenvalue weighted by Gasteiger charge is 2.42. The fourth-order valence-electron chi connectivity index (χ4n) is 5.27. The second kappa shape index (κ2) is 10.7.